The predicted molar refractivity (Wildman–Crippen MR) is 76.2 cm³/mol. The highest BCUT2D eigenvalue weighted by molar-refractivity contribution is 6.33. The van der Waals surface area contributed by atoms with Crippen LogP contribution in [0.5, 0.6) is 0 Å². The van der Waals surface area contributed by atoms with Gasteiger partial charge in [-0.2, -0.15) is 5.26 Å². The molecule has 0 aliphatic heterocycles. The lowest BCUT2D eigenvalue weighted by molar-refractivity contribution is 0.0945. The Morgan fingerprint density at radius 1 is 1.40 bits per heavy atom. The molecule has 0 spiro atoms. The maximum atomic E-state index is 12.1. The number of benzene rings is 1. The molecule has 0 bridgehead atoms. The van der Waals surface area contributed by atoms with Gasteiger partial charge in [-0.1, -0.05) is 41.9 Å². The molecule has 4 nitrogen and oxygen atoms in total. The molecule has 0 aliphatic rings. The van der Waals surface area contributed by atoms with Gasteiger partial charge in [-0.05, 0) is 18.6 Å². The van der Waals surface area contributed by atoms with Crippen molar-refractivity contribution in [1.29, 1.82) is 5.26 Å². The molecule has 20 heavy (non-hydrogen) atoms. The number of aryl methyl sites for hydroxylation is 1. The number of nitrogens with one attached hydrogen (secondary N) is 1. The van der Waals surface area contributed by atoms with E-state index in [1.165, 1.54) is 6.20 Å². The SMILES string of the molecule is Cc1cc(Cl)c(C(=O)NC(C#N)c2ccccc2)cn1. The van der Waals surface area contributed by atoms with Crippen LogP contribution >= 0.6 is 11.6 Å². The van der Waals surface area contributed by atoms with Crippen LogP contribution in [0.3, 0.4) is 0 Å². The first-order valence-corrected chi connectivity index (χ1v) is 6.37. The molecule has 5 heteroatoms. The third-order valence-electron chi connectivity index (χ3n) is 2.77. The molecule has 1 unspecified atom stereocenters. The number of halogens is 1. The van der Waals surface area contributed by atoms with Gasteiger partial charge in [-0.3, -0.25) is 9.78 Å². The largest absolute Gasteiger partial charge is 0.332 e. The molecule has 0 saturated carbocycles. The van der Waals surface area contributed by atoms with Crippen LogP contribution in [0.15, 0.2) is 42.6 Å². The van der Waals surface area contributed by atoms with Gasteiger partial charge in [0.05, 0.1) is 16.7 Å². The minimum Gasteiger partial charge on any atom is -0.332 e. The molecule has 1 N–H and O–H groups in total. The van der Waals surface area contributed by atoms with Gasteiger partial charge in [0.1, 0.15) is 6.04 Å². The molecule has 2 aromatic rings. The van der Waals surface area contributed by atoms with E-state index in [2.05, 4.69) is 16.4 Å². The fourth-order valence-electron chi connectivity index (χ4n) is 1.74. The van der Waals surface area contributed by atoms with Gasteiger partial charge >= 0.3 is 0 Å². The Hall–Kier alpha value is -2.38. The molecular weight excluding hydrogens is 274 g/mol. The Labute approximate surface area is 122 Å². The summed E-state index contributed by atoms with van der Waals surface area (Å²) in [5.74, 6) is -0.419. The number of rotatable bonds is 3. The van der Waals surface area contributed by atoms with Gasteiger partial charge in [0, 0.05) is 11.9 Å². The van der Waals surface area contributed by atoms with E-state index in [0.29, 0.717) is 5.02 Å². The van der Waals surface area contributed by atoms with E-state index >= 15 is 0 Å². The number of pyridine rings is 1. The maximum Gasteiger partial charge on any atom is 0.255 e. The number of hydrogen-bond donors (Lipinski definition) is 1. The molecule has 1 aromatic heterocycles. The molecule has 0 saturated heterocycles. The van der Waals surface area contributed by atoms with Crippen LogP contribution < -0.4 is 5.32 Å². The Bertz CT molecular complexity index is 665. The van der Waals surface area contributed by atoms with Gasteiger partial charge in [0.15, 0.2) is 0 Å². The van der Waals surface area contributed by atoms with Crippen molar-refractivity contribution in [2.45, 2.75) is 13.0 Å². The second-order valence-corrected chi connectivity index (χ2v) is 4.66. The third-order valence-corrected chi connectivity index (χ3v) is 3.08. The summed E-state index contributed by atoms with van der Waals surface area (Å²) in [4.78, 5) is 16.2. The zero-order chi connectivity index (χ0) is 14.5. The highest BCUT2D eigenvalue weighted by Crippen LogP contribution is 2.18. The van der Waals surface area contributed by atoms with Gasteiger partial charge in [0.2, 0.25) is 0 Å². The molecular formula is C15H12ClN3O. The van der Waals surface area contributed by atoms with Gasteiger partial charge < -0.3 is 5.32 Å². The molecule has 100 valence electrons. The monoisotopic (exact) mass is 285 g/mol. The van der Waals surface area contributed by atoms with E-state index in [9.17, 15) is 10.1 Å². The van der Waals surface area contributed by atoms with Crippen LogP contribution in [-0.2, 0) is 0 Å². The lowest BCUT2D eigenvalue weighted by atomic mass is 10.1. The van der Waals surface area contributed by atoms with Crippen LogP contribution in [0.4, 0.5) is 0 Å². The second kappa shape index (κ2) is 6.18. The Kier molecular flexibility index (Phi) is 4.34. The molecule has 1 heterocycles. The van der Waals surface area contributed by atoms with Gasteiger partial charge in [-0.15, -0.1) is 0 Å². The molecule has 0 radical (unpaired) electrons. The van der Waals surface area contributed by atoms with Crippen LogP contribution in [0, 0.1) is 18.3 Å². The molecule has 1 aromatic carbocycles. The summed E-state index contributed by atoms with van der Waals surface area (Å²) < 4.78 is 0. The normalized spacial score (nSPS) is 11.4. The summed E-state index contributed by atoms with van der Waals surface area (Å²) in [6.45, 7) is 1.79. The number of amides is 1. The number of carbonyl (C=O) groups excluding carboxylic acids is 1. The lowest BCUT2D eigenvalue weighted by Gasteiger charge is -2.12. The topological polar surface area (TPSA) is 65.8 Å². The summed E-state index contributed by atoms with van der Waals surface area (Å²) in [5.41, 5.74) is 1.71. The predicted octanol–water partition coefficient (Wildman–Crippen LogP) is 3.04. The first-order valence-electron chi connectivity index (χ1n) is 5.99. The summed E-state index contributed by atoms with van der Waals surface area (Å²) in [6.07, 6.45) is 1.41. The zero-order valence-corrected chi connectivity index (χ0v) is 11.6. The highest BCUT2D eigenvalue weighted by atomic mass is 35.5. The van der Waals surface area contributed by atoms with E-state index < -0.39 is 11.9 Å². The standard InChI is InChI=1S/C15H12ClN3O/c1-10-7-13(16)12(9-18-10)15(20)19-14(8-17)11-5-3-2-4-6-11/h2-7,9,14H,1H3,(H,19,20). The minimum atomic E-state index is -0.721. The number of carbonyl (C=O) groups is 1. The van der Waals surface area contributed by atoms with E-state index in [4.69, 9.17) is 11.6 Å². The summed E-state index contributed by atoms with van der Waals surface area (Å²) >= 11 is 6.01. The quantitative estimate of drug-likeness (QED) is 0.942. The minimum absolute atomic E-state index is 0.258. The fraction of sp³-hybridized carbons (Fsp3) is 0.133. The molecule has 0 aliphatic carbocycles. The molecule has 1 amide bonds. The highest BCUT2D eigenvalue weighted by Gasteiger charge is 2.17. The average Bonchev–Trinajstić information content (AvgIpc) is 2.45. The number of nitrogens with zero attached hydrogens (tertiary/aromatic N) is 2. The van der Waals surface area contributed by atoms with Crippen LogP contribution in [0.1, 0.15) is 27.7 Å². The number of nitriles is 1. The van der Waals surface area contributed by atoms with E-state index in [-0.39, 0.29) is 5.56 Å². The number of hydrogen-bond acceptors (Lipinski definition) is 3. The van der Waals surface area contributed by atoms with Crippen molar-refractivity contribution in [3.8, 4) is 6.07 Å². The van der Waals surface area contributed by atoms with Gasteiger partial charge in [0.25, 0.3) is 5.91 Å². The smallest absolute Gasteiger partial charge is 0.255 e. The molecule has 1 atom stereocenters. The van der Waals surface area contributed by atoms with Crippen molar-refractivity contribution in [3.05, 3.63) is 64.4 Å². The van der Waals surface area contributed by atoms with Crippen LogP contribution in [0.25, 0.3) is 0 Å². The lowest BCUT2D eigenvalue weighted by Crippen LogP contribution is -2.28. The zero-order valence-electron chi connectivity index (χ0n) is 10.8. The maximum absolute atomic E-state index is 12.1. The van der Waals surface area contributed by atoms with Gasteiger partial charge in [-0.25, -0.2) is 0 Å². The number of aromatic nitrogens is 1. The van der Waals surface area contributed by atoms with E-state index in [0.717, 1.165) is 11.3 Å². The third kappa shape index (κ3) is 3.14. The first-order chi connectivity index (χ1) is 9.61. The first kappa shape index (κ1) is 14.0. The Morgan fingerprint density at radius 2 is 2.10 bits per heavy atom. The van der Waals surface area contributed by atoms with Crippen molar-refractivity contribution in [2.24, 2.45) is 0 Å². The Morgan fingerprint density at radius 3 is 2.70 bits per heavy atom. The summed E-state index contributed by atoms with van der Waals surface area (Å²) in [5, 5.41) is 12.1. The average molecular weight is 286 g/mol. The summed E-state index contributed by atoms with van der Waals surface area (Å²) in [6, 6.07) is 12.0. The van der Waals surface area contributed by atoms with Crippen molar-refractivity contribution in [1.82, 2.24) is 10.3 Å². The van der Waals surface area contributed by atoms with Crippen molar-refractivity contribution < 1.29 is 4.79 Å². The van der Waals surface area contributed by atoms with Crippen molar-refractivity contribution in [2.75, 3.05) is 0 Å². The Balaban J connectivity index is 2.20. The van der Waals surface area contributed by atoms with Crippen LogP contribution in [0.2, 0.25) is 5.02 Å². The van der Waals surface area contributed by atoms with E-state index in [1.807, 2.05) is 18.2 Å². The van der Waals surface area contributed by atoms with Crippen molar-refractivity contribution in [3.63, 3.8) is 0 Å². The molecule has 2 rings (SSSR count). The van der Waals surface area contributed by atoms with E-state index in [1.54, 1.807) is 25.1 Å². The second-order valence-electron chi connectivity index (χ2n) is 4.25. The summed E-state index contributed by atoms with van der Waals surface area (Å²) in [7, 11) is 0. The van der Waals surface area contributed by atoms with Crippen molar-refractivity contribution >= 4 is 17.5 Å². The van der Waals surface area contributed by atoms with Crippen LogP contribution in [-0.4, -0.2) is 10.9 Å². The fourth-order valence-corrected chi connectivity index (χ4v) is 2.03. The molecule has 0 fully saturated rings.